The largest absolute Gasteiger partial charge is 0.497 e. The van der Waals surface area contributed by atoms with Crippen LogP contribution in [0, 0.1) is 0 Å². The summed E-state index contributed by atoms with van der Waals surface area (Å²) in [6.45, 7) is 0. The summed E-state index contributed by atoms with van der Waals surface area (Å²) in [4.78, 5) is 12.4. The van der Waals surface area contributed by atoms with Gasteiger partial charge in [0.25, 0.3) is 5.91 Å². The molecule has 0 spiro atoms. The maximum absolute atomic E-state index is 12.4. The van der Waals surface area contributed by atoms with Gasteiger partial charge in [-0.05, 0) is 12.1 Å². The molecule has 0 saturated carbocycles. The Kier molecular flexibility index (Phi) is 4.47. The highest BCUT2D eigenvalue weighted by Crippen LogP contribution is 2.29. The minimum absolute atomic E-state index is 0.179. The van der Waals surface area contributed by atoms with Crippen LogP contribution >= 0.6 is 0 Å². The fourth-order valence-corrected chi connectivity index (χ4v) is 2.22. The third-order valence-corrected chi connectivity index (χ3v) is 3.46. The van der Waals surface area contributed by atoms with Gasteiger partial charge in [0.1, 0.15) is 11.5 Å². The fraction of sp³-hybridized carbons (Fsp3) is 0.111. The predicted octanol–water partition coefficient (Wildman–Crippen LogP) is 3.61. The van der Waals surface area contributed by atoms with Gasteiger partial charge in [0, 0.05) is 17.7 Å². The van der Waals surface area contributed by atoms with E-state index in [2.05, 4.69) is 10.5 Å². The molecule has 0 aliphatic carbocycles. The highest BCUT2D eigenvalue weighted by Gasteiger charge is 2.16. The molecule has 3 rings (SSSR count). The van der Waals surface area contributed by atoms with Crippen LogP contribution in [-0.4, -0.2) is 25.3 Å². The van der Waals surface area contributed by atoms with Crippen molar-refractivity contribution in [2.75, 3.05) is 19.5 Å². The van der Waals surface area contributed by atoms with Gasteiger partial charge < -0.3 is 19.3 Å². The number of methoxy groups -OCH3 is 2. The van der Waals surface area contributed by atoms with Crippen LogP contribution in [0.15, 0.2) is 59.1 Å². The van der Waals surface area contributed by atoms with Gasteiger partial charge in [-0.1, -0.05) is 35.5 Å². The zero-order valence-electron chi connectivity index (χ0n) is 13.3. The lowest BCUT2D eigenvalue weighted by molar-refractivity contribution is 0.101. The van der Waals surface area contributed by atoms with E-state index >= 15 is 0 Å². The summed E-state index contributed by atoms with van der Waals surface area (Å²) in [6, 6.07) is 16.2. The molecule has 0 aliphatic heterocycles. The molecule has 3 aromatic rings. The second-order valence-electron chi connectivity index (χ2n) is 4.96. The molecule has 1 heterocycles. The molecule has 24 heavy (non-hydrogen) atoms. The van der Waals surface area contributed by atoms with Gasteiger partial charge in [0.05, 0.1) is 19.9 Å². The number of hydrogen-bond donors (Lipinski definition) is 1. The Hall–Kier alpha value is -3.28. The van der Waals surface area contributed by atoms with Crippen molar-refractivity contribution in [3.8, 4) is 22.8 Å². The Morgan fingerprint density at radius 1 is 1.04 bits per heavy atom. The Labute approximate surface area is 139 Å². The van der Waals surface area contributed by atoms with E-state index in [1.807, 2.05) is 30.3 Å². The number of ether oxygens (including phenoxy) is 2. The molecule has 0 saturated heterocycles. The number of hydrogen-bond acceptors (Lipinski definition) is 5. The lowest BCUT2D eigenvalue weighted by atomic mass is 10.1. The lowest BCUT2D eigenvalue weighted by Crippen LogP contribution is -2.13. The van der Waals surface area contributed by atoms with Crippen LogP contribution in [0.4, 0.5) is 5.69 Å². The maximum Gasteiger partial charge on any atom is 0.277 e. The molecule has 1 aromatic heterocycles. The first-order valence-corrected chi connectivity index (χ1v) is 7.27. The Bertz CT molecular complexity index is 843. The van der Waals surface area contributed by atoms with Crippen LogP contribution in [-0.2, 0) is 0 Å². The minimum atomic E-state index is -0.396. The van der Waals surface area contributed by atoms with Crippen LogP contribution in [0.1, 0.15) is 10.5 Å². The highest BCUT2D eigenvalue weighted by molar-refractivity contribution is 6.04. The molecule has 0 bridgehead atoms. The number of rotatable bonds is 5. The molecule has 1 N–H and O–H groups in total. The van der Waals surface area contributed by atoms with Crippen molar-refractivity contribution in [2.24, 2.45) is 0 Å². The number of nitrogens with one attached hydrogen (secondary N) is 1. The summed E-state index contributed by atoms with van der Waals surface area (Å²) in [5, 5.41) is 6.58. The number of nitrogens with zero attached hydrogens (tertiary/aromatic N) is 1. The predicted molar refractivity (Wildman–Crippen MR) is 89.4 cm³/mol. The zero-order chi connectivity index (χ0) is 16.9. The third kappa shape index (κ3) is 3.22. The van der Waals surface area contributed by atoms with Gasteiger partial charge >= 0.3 is 0 Å². The second kappa shape index (κ2) is 6.87. The summed E-state index contributed by atoms with van der Waals surface area (Å²) in [6.07, 6.45) is 0. The summed E-state index contributed by atoms with van der Waals surface area (Å²) >= 11 is 0. The standard InChI is InChI=1S/C18H16N2O4/c1-22-13-8-9-16(23-2)14(10-13)19-18(21)15-11-17(24-20-15)12-6-4-3-5-7-12/h3-11H,1-2H3,(H,19,21). The Balaban J connectivity index is 1.82. The summed E-state index contributed by atoms with van der Waals surface area (Å²) in [5.74, 6) is 1.26. The third-order valence-electron chi connectivity index (χ3n) is 3.46. The first-order chi connectivity index (χ1) is 11.7. The molecule has 6 heteroatoms. The first kappa shape index (κ1) is 15.6. The molecule has 0 radical (unpaired) electrons. The van der Waals surface area contributed by atoms with E-state index in [9.17, 15) is 4.79 Å². The molecule has 0 atom stereocenters. The van der Waals surface area contributed by atoms with Gasteiger partial charge in [-0.2, -0.15) is 0 Å². The number of carbonyl (C=O) groups excluding carboxylic acids is 1. The van der Waals surface area contributed by atoms with Gasteiger partial charge in [-0.3, -0.25) is 4.79 Å². The quantitative estimate of drug-likeness (QED) is 0.776. The molecule has 122 valence electrons. The number of amides is 1. The number of benzene rings is 2. The van der Waals surface area contributed by atoms with Crippen molar-refractivity contribution in [3.05, 3.63) is 60.3 Å². The van der Waals surface area contributed by atoms with Crippen LogP contribution < -0.4 is 14.8 Å². The van der Waals surface area contributed by atoms with E-state index in [1.165, 1.54) is 7.11 Å². The summed E-state index contributed by atoms with van der Waals surface area (Å²) in [7, 11) is 3.08. The van der Waals surface area contributed by atoms with Gasteiger partial charge in [-0.25, -0.2) is 0 Å². The number of anilines is 1. The molecule has 1 amide bonds. The van der Waals surface area contributed by atoms with E-state index in [1.54, 1.807) is 31.4 Å². The average Bonchev–Trinajstić information content (AvgIpc) is 3.12. The highest BCUT2D eigenvalue weighted by atomic mass is 16.5. The van der Waals surface area contributed by atoms with E-state index < -0.39 is 5.91 Å². The number of carbonyl (C=O) groups is 1. The molecule has 2 aromatic carbocycles. The van der Waals surface area contributed by atoms with Gasteiger partial charge in [0.2, 0.25) is 0 Å². The Morgan fingerprint density at radius 3 is 2.54 bits per heavy atom. The van der Waals surface area contributed by atoms with E-state index in [0.717, 1.165) is 5.56 Å². The van der Waals surface area contributed by atoms with Gasteiger partial charge in [0.15, 0.2) is 11.5 Å². The molecular formula is C18H16N2O4. The smallest absolute Gasteiger partial charge is 0.277 e. The van der Waals surface area contributed by atoms with Crippen molar-refractivity contribution in [2.45, 2.75) is 0 Å². The van der Waals surface area contributed by atoms with E-state index in [0.29, 0.717) is 22.9 Å². The van der Waals surface area contributed by atoms with Gasteiger partial charge in [-0.15, -0.1) is 0 Å². The SMILES string of the molecule is COc1ccc(OC)c(NC(=O)c2cc(-c3ccccc3)on2)c1. The normalized spacial score (nSPS) is 10.2. The van der Waals surface area contributed by atoms with Crippen molar-refractivity contribution in [1.29, 1.82) is 0 Å². The van der Waals surface area contributed by atoms with Crippen LogP contribution in [0.2, 0.25) is 0 Å². The summed E-state index contributed by atoms with van der Waals surface area (Å²) < 4.78 is 15.6. The summed E-state index contributed by atoms with van der Waals surface area (Å²) in [5.41, 5.74) is 1.52. The van der Waals surface area contributed by atoms with Crippen molar-refractivity contribution < 1.29 is 18.8 Å². The average molecular weight is 324 g/mol. The van der Waals surface area contributed by atoms with E-state index in [-0.39, 0.29) is 5.69 Å². The first-order valence-electron chi connectivity index (χ1n) is 7.27. The molecule has 6 nitrogen and oxygen atoms in total. The second-order valence-corrected chi connectivity index (χ2v) is 4.96. The maximum atomic E-state index is 12.4. The van der Waals surface area contributed by atoms with Crippen molar-refractivity contribution >= 4 is 11.6 Å². The molecule has 0 unspecified atom stereocenters. The van der Waals surface area contributed by atoms with Crippen LogP contribution in [0.5, 0.6) is 11.5 Å². The van der Waals surface area contributed by atoms with Crippen LogP contribution in [0.25, 0.3) is 11.3 Å². The topological polar surface area (TPSA) is 73.6 Å². The zero-order valence-corrected chi connectivity index (χ0v) is 13.3. The van der Waals surface area contributed by atoms with Crippen molar-refractivity contribution in [3.63, 3.8) is 0 Å². The minimum Gasteiger partial charge on any atom is -0.497 e. The lowest BCUT2D eigenvalue weighted by Gasteiger charge is -2.10. The number of aromatic nitrogens is 1. The van der Waals surface area contributed by atoms with Crippen molar-refractivity contribution in [1.82, 2.24) is 5.16 Å². The van der Waals surface area contributed by atoms with E-state index in [4.69, 9.17) is 14.0 Å². The molecule has 0 aliphatic rings. The monoisotopic (exact) mass is 324 g/mol. The Morgan fingerprint density at radius 2 is 1.83 bits per heavy atom. The molecular weight excluding hydrogens is 308 g/mol. The molecule has 0 fully saturated rings. The van der Waals surface area contributed by atoms with Crippen LogP contribution in [0.3, 0.4) is 0 Å². The fourth-order valence-electron chi connectivity index (χ4n) is 2.22.